The van der Waals surface area contributed by atoms with Crippen LogP contribution in [0.1, 0.15) is 5.56 Å². The Morgan fingerprint density at radius 3 is 2.41 bits per heavy atom. The van der Waals surface area contributed by atoms with E-state index in [1.165, 1.54) is 0 Å². The predicted molar refractivity (Wildman–Crippen MR) is 90.9 cm³/mol. The maximum atomic E-state index is 11.9. The Morgan fingerprint density at radius 1 is 1.14 bits per heavy atom. The number of hydrogen-bond donors (Lipinski definition) is 1. The number of hydrogen-bond acceptors (Lipinski definition) is 4. The molecule has 124 valence electrons. The lowest BCUT2D eigenvalue weighted by atomic mass is 10.1. The fourth-order valence-electron chi connectivity index (χ4n) is 2.69. The van der Waals surface area contributed by atoms with Crippen LogP contribution in [-0.2, 0) is 11.3 Å². The quantitative estimate of drug-likeness (QED) is 0.904. The lowest BCUT2D eigenvalue weighted by molar-refractivity contribution is 0.0147. The molecule has 1 aromatic carbocycles. The van der Waals surface area contributed by atoms with Gasteiger partial charge in [-0.15, -0.1) is 24.8 Å². The van der Waals surface area contributed by atoms with Crippen molar-refractivity contribution >= 4 is 30.9 Å². The second-order valence-corrected chi connectivity index (χ2v) is 5.38. The molecular weight excluding hydrogens is 325 g/mol. The van der Waals surface area contributed by atoms with Crippen LogP contribution in [0.15, 0.2) is 30.3 Å². The van der Waals surface area contributed by atoms with Gasteiger partial charge in [-0.2, -0.15) is 0 Å². The minimum absolute atomic E-state index is 0. The van der Waals surface area contributed by atoms with Crippen molar-refractivity contribution in [1.82, 2.24) is 15.1 Å². The summed E-state index contributed by atoms with van der Waals surface area (Å²) in [6, 6.07) is 10.3. The monoisotopic (exact) mass is 347 g/mol. The normalized spacial score (nSPS) is 18.6. The Morgan fingerprint density at radius 2 is 1.77 bits per heavy atom. The standard InChI is InChI=1S/C15H21N3O2.2ClH/c19-15(20-12-13-4-2-1-3-5-13)18-10-14(11-18)17-8-6-16-7-9-17;;/h1-5,14,16H,6-12H2;2*1H. The molecule has 1 amide bonds. The second kappa shape index (κ2) is 9.20. The largest absolute Gasteiger partial charge is 0.445 e. The minimum atomic E-state index is -0.194. The molecule has 7 heteroatoms. The summed E-state index contributed by atoms with van der Waals surface area (Å²) in [7, 11) is 0. The number of nitrogens with zero attached hydrogens (tertiary/aromatic N) is 2. The molecule has 22 heavy (non-hydrogen) atoms. The van der Waals surface area contributed by atoms with Crippen LogP contribution in [0.4, 0.5) is 4.79 Å². The average molecular weight is 348 g/mol. The van der Waals surface area contributed by atoms with Gasteiger partial charge >= 0.3 is 6.09 Å². The smallest absolute Gasteiger partial charge is 0.410 e. The van der Waals surface area contributed by atoms with Gasteiger partial charge in [0, 0.05) is 45.3 Å². The number of likely N-dealkylation sites (tertiary alicyclic amines) is 1. The van der Waals surface area contributed by atoms with Gasteiger partial charge in [0.2, 0.25) is 0 Å². The number of nitrogens with one attached hydrogen (secondary N) is 1. The lowest BCUT2D eigenvalue weighted by Crippen LogP contribution is -2.63. The first-order chi connectivity index (χ1) is 9.83. The number of carbonyl (C=O) groups excluding carboxylic acids is 1. The highest BCUT2D eigenvalue weighted by molar-refractivity contribution is 5.85. The number of rotatable bonds is 3. The van der Waals surface area contributed by atoms with Crippen molar-refractivity contribution in [3.05, 3.63) is 35.9 Å². The Kier molecular flexibility index (Phi) is 7.96. The summed E-state index contributed by atoms with van der Waals surface area (Å²) in [5.74, 6) is 0. The molecule has 0 bridgehead atoms. The molecule has 3 rings (SSSR count). The molecule has 0 aromatic heterocycles. The number of carbonyl (C=O) groups is 1. The molecule has 1 N–H and O–H groups in total. The van der Waals surface area contributed by atoms with Gasteiger partial charge in [0.15, 0.2) is 0 Å². The predicted octanol–water partition coefficient (Wildman–Crippen LogP) is 1.76. The van der Waals surface area contributed by atoms with Crippen LogP contribution >= 0.6 is 24.8 Å². The highest BCUT2D eigenvalue weighted by atomic mass is 35.5. The van der Waals surface area contributed by atoms with Crippen LogP contribution in [0.2, 0.25) is 0 Å². The Bertz CT molecular complexity index is 449. The molecule has 0 unspecified atom stereocenters. The van der Waals surface area contributed by atoms with Crippen molar-refractivity contribution in [3.63, 3.8) is 0 Å². The van der Waals surface area contributed by atoms with Crippen molar-refractivity contribution in [2.45, 2.75) is 12.6 Å². The first kappa shape index (κ1) is 19.0. The number of piperazine rings is 1. The molecule has 2 saturated heterocycles. The number of amides is 1. The van der Waals surface area contributed by atoms with Gasteiger partial charge in [-0.1, -0.05) is 30.3 Å². The first-order valence-corrected chi connectivity index (χ1v) is 7.23. The van der Waals surface area contributed by atoms with E-state index in [2.05, 4.69) is 10.2 Å². The molecule has 2 aliphatic heterocycles. The van der Waals surface area contributed by atoms with Crippen LogP contribution in [-0.4, -0.2) is 61.2 Å². The third kappa shape index (κ3) is 4.74. The highest BCUT2D eigenvalue weighted by Crippen LogP contribution is 2.17. The maximum absolute atomic E-state index is 11.9. The molecule has 0 aliphatic carbocycles. The van der Waals surface area contributed by atoms with E-state index in [9.17, 15) is 4.79 Å². The summed E-state index contributed by atoms with van der Waals surface area (Å²) in [5.41, 5.74) is 1.03. The molecule has 2 fully saturated rings. The van der Waals surface area contributed by atoms with Crippen molar-refractivity contribution in [2.24, 2.45) is 0 Å². The topological polar surface area (TPSA) is 44.8 Å². The zero-order chi connectivity index (χ0) is 13.8. The van der Waals surface area contributed by atoms with E-state index >= 15 is 0 Å². The van der Waals surface area contributed by atoms with Crippen molar-refractivity contribution < 1.29 is 9.53 Å². The van der Waals surface area contributed by atoms with Crippen LogP contribution in [0.5, 0.6) is 0 Å². The third-order valence-electron chi connectivity index (χ3n) is 3.99. The lowest BCUT2D eigenvalue weighted by Gasteiger charge is -2.46. The number of benzene rings is 1. The summed E-state index contributed by atoms with van der Waals surface area (Å²) in [5, 5.41) is 3.34. The van der Waals surface area contributed by atoms with Crippen LogP contribution in [0.25, 0.3) is 0 Å². The minimum Gasteiger partial charge on any atom is -0.445 e. The van der Waals surface area contributed by atoms with Gasteiger partial charge in [0.25, 0.3) is 0 Å². The van der Waals surface area contributed by atoms with E-state index < -0.39 is 0 Å². The molecule has 0 atom stereocenters. The summed E-state index contributed by atoms with van der Waals surface area (Å²) in [6.45, 7) is 6.22. The van der Waals surface area contributed by atoms with Crippen LogP contribution < -0.4 is 5.32 Å². The van der Waals surface area contributed by atoms with Crippen LogP contribution in [0, 0.1) is 0 Å². The third-order valence-corrected chi connectivity index (χ3v) is 3.99. The first-order valence-electron chi connectivity index (χ1n) is 7.23. The maximum Gasteiger partial charge on any atom is 0.410 e. The van der Waals surface area contributed by atoms with E-state index in [0.717, 1.165) is 44.8 Å². The summed E-state index contributed by atoms with van der Waals surface area (Å²) >= 11 is 0. The summed E-state index contributed by atoms with van der Waals surface area (Å²) in [6.07, 6.45) is -0.194. The Balaban J connectivity index is 0.00000121. The van der Waals surface area contributed by atoms with E-state index in [1.54, 1.807) is 4.90 Å². The van der Waals surface area contributed by atoms with E-state index in [4.69, 9.17) is 4.74 Å². The van der Waals surface area contributed by atoms with Gasteiger partial charge in [0.05, 0.1) is 0 Å². The second-order valence-electron chi connectivity index (χ2n) is 5.38. The van der Waals surface area contributed by atoms with Gasteiger partial charge in [-0.3, -0.25) is 4.90 Å². The Labute approximate surface area is 143 Å². The summed E-state index contributed by atoms with van der Waals surface area (Å²) < 4.78 is 5.32. The van der Waals surface area contributed by atoms with Gasteiger partial charge in [0.1, 0.15) is 6.61 Å². The van der Waals surface area contributed by atoms with Gasteiger partial charge in [-0.05, 0) is 5.56 Å². The fraction of sp³-hybridized carbons (Fsp3) is 0.533. The van der Waals surface area contributed by atoms with E-state index in [1.807, 2.05) is 30.3 Å². The molecule has 0 spiro atoms. The summed E-state index contributed by atoms with van der Waals surface area (Å²) in [4.78, 5) is 16.1. The highest BCUT2D eigenvalue weighted by Gasteiger charge is 2.35. The number of halogens is 2. The zero-order valence-electron chi connectivity index (χ0n) is 12.4. The van der Waals surface area contributed by atoms with Gasteiger partial charge < -0.3 is 15.0 Å². The molecule has 2 aliphatic rings. The van der Waals surface area contributed by atoms with E-state index in [-0.39, 0.29) is 30.9 Å². The van der Waals surface area contributed by atoms with Crippen molar-refractivity contribution in [3.8, 4) is 0 Å². The molecule has 1 aromatic rings. The van der Waals surface area contributed by atoms with Gasteiger partial charge in [-0.25, -0.2) is 4.79 Å². The molecule has 2 heterocycles. The molecule has 0 radical (unpaired) electrons. The van der Waals surface area contributed by atoms with E-state index in [0.29, 0.717) is 12.6 Å². The Hall–Kier alpha value is -1.01. The fourth-order valence-corrected chi connectivity index (χ4v) is 2.69. The van der Waals surface area contributed by atoms with Crippen LogP contribution in [0.3, 0.4) is 0 Å². The van der Waals surface area contributed by atoms with Crippen molar-refractivity contribution in [1.29, 1.82) is 0 Å². The van der Waals surface area contributed by atoms with Crippen molar-refractivity contribution in [2.75, 3.05) is 39.3 Å². The molecule has 5 nitrogen and oxygen atoms in total. The zero-order valence-corrected chi connectivity index (χ0v) is 14.1. The average Bonchev–Trinajstić information content (AvgIpc) is 2.46. The molecular formula is C15H23Cl2N3O2. The SMILES string of the molecule is Cl.Cl.O=C(OCc1ccccc1)N1CC(N2CCNCC2)C1. The molecule has 0 saturated carbocycles. The number of ether oxygens (including phenoxy) is 1.